The number of hydrogen-bond acceptors (Lipinski definition) is 6. The highest BCUT2D eigenvalue weighted by Gasteiger charge is 2.26. The molecule has 2 aliphatic rings. The van der Waals surface area contributed by atoms with Crippen LogP contribution >= 0.6 is 15.9 Å². The fourth-order valence-corrected chi connectivity index (χ4v) is 4.07. The Kier molecular flexibility index (Phi) is 6.70. The van der Waals surface area contributed by atoms with Gasteiger partial charge in [0.05, 0.1) is 6.10 Å². The van der Waals surface area contributed by atoms with Gasteiger partial charge in [0.15, 0.2) is 0 Å². The number of carbonyl (C=O) groups is 1. The van der Waals surface area contributed by atoms with Gasteiger partial charge in [0, 0.05) is 44.0 Å². The number of aromatic nitrogens is 1. The quantitative estimate of drug-likeness (QED) is 0.679. The first-order chi connectivity index (χ1) is 13.2. The molecule has 2 fully saturated rings. The molecule has 1 saturated heterocycles. The lowest BCUT2D eigenvalue weighted by Gasteiger charge is -2.37. The van der Waals surface area contributed by atoms with Crippen molar-refractivity contribution < 1.29 is 14.6 Å². The topological polar surface area (TPSA) is 77.9 Å². The van der Waals surface area contributed by atoms with E-state index in [-0.39, 0.29) is 12.2 Å². The zero-order chi connectivity index (χ0) is 20.3. The average Bonchev–Trinajstić information content (AvgIpc) is 2.62. The number of aliphatic hydroxyl groups excluding tert-OH is 1. The fourth-order valence-electron chi connectivity index (χ4n) is 3.64. The maximum Gasteiger partial charge on any atom is 0.410 e. The highest BCUT2D eigenvalue weighted by molar-refractivity contribution is 9.10. The summed E-state index contributed by atoms with van der Waals surface area (Å²) >= 11 is 3.52. The minimum Gasteiger partial charge on any atom is -0.444 e. The van der Waals surface area contributed by atoms with Gasteiger partial charge in [-0.15, -0.1) is 0 Å². The molecule has 1 amide bonds. The summed E-state index contributed by atoms with van der Waals surface area (Å²) in [5.74, 6) is 0.848. The summed E-state index contributed by atoms with van der Waals surface area (Å²) in [6.07, 6.45) is 3.18. The summed E-state index contributed by atoms with van der Waals surface area (Å²) in [6, 6.07) is 4.43. The Balaban J connectivity index is 1.58. The third-order valence-corrected chi connectivity index (χ3v) is 5.53. The summed E-state index contributed by atoms with van der Waals surface area (Å²) in [4.78, 5) is 20.8. The minimum absolute atomic E-state index is 0.162. The zero-order valence-corrected chi connectivity index (χ0v) is 18.5. The van der Waals surface area contributed by atoms with Gasteiger partial charge in [-0.2, -0.15) is 0 Å². The number of ether oxygens (including phenoxy) is 1. The summed E-state index contributed by atoms with van der Waals surface area (Å²) in [7, 11) is 0. The number of aliphatic hydroxyl groups is 1. The van der Waals surface area contributed by atoms with Gasteiger partial charge < -0.3 is 25.0 Å². The number of pyridine rings is 1. The Bertz CT molecular complexity index is 679. The van der Waals surface area contributed by atoms with Crippen molar-refractivity contribution in [3.63, 3.8) is 0 Å². The monoisotopic (exact) mass is 454 g/mol. The lowest BCUT2D eigenvalue weighted by atomic mass is 9.93. The van der Waals surface area contributed by atoms with Gasteiger partial charge in [-0.1, -0.05) is 0 Å². The number of amides is 1. The Morgan fingerprint density at radius 3 is 2.43 bits per heavy atom. The van der Waals surface area contributed by atoms with Crippen LogP contribution in [0.2, 0.25) is 0 Å². The largest absolute Gasteiger partial charge is 0.444 e. The molecule has 3 rings (SSSR count). The summed E-state index contributed by atoms with van der Waals surface area (Å²) < 4.78 is 6.26. The first-order valence-corrected chi connectivity index (χ1v) is 10.8. The van der Waals surface area contributed by atoms with Crippen molar-refractivity contribution in [2.24, 2.45) is 0 Å². The van der Waals surface area contributed by atoms with E-state index in [1.54, 1.807) is 4.90 Å². The molecule has 0 atom stereocenters. The highest BCUT2D eigenvalue weighted by atomic mass is 79.9. The molecular formula is C20H31BrN4O3. The van der Waals surface area contributed by atoms with Gasteiger partial charge in [-0.3, -0.25) is 0 Å². The Hall–Kier alpha value is -1.54. The Morgan fingerprint density at radius 2 is 1.82 bits per heavy atom. The fraction of sp³-hybridized carbons (Fsp3) is 0.700. The molecule has 0 radical (unpaired) electrons. The summed E-state index contributed by atoms with van der Waals surface area (Å²) in [6.45, 7) is 8.44. The third kappa shape index (κ3) is 5.98. The van der Waals surface area contributed by atoms with Crippen molar-refractivity contribution in [3.8, 4) is 0 Å². The number of piperazine rings is 1. The van der Waals surface area contributed by atoms with E-state index in [1.807, 2.05) is 26.8 Å². The average molecular weight is 455 g/mol. The van der Waals surface area contributed by atoms with Gasteiger partial charge in [-0.25, -0.2) is 9.78 Å². The van der Waals surface area contributed by atoms with Gasteiger partial charge in [0.1, 0.15) is 16.0 Å². The van der Waals surface area contributed by atoms with Crippen LogP contribution in [0, 0.1) is 0 Å². The molecule has 1 aliphatic carbocycles. The second kappa shape index (κ2) is 8.86. The SMILES string of the molecule is CC(C)(C)OC(=O)N1CCN(c2cc(Br)nc(NC3CCC(O)CC3)c2)CC1. The standard InChI is InChI=1S/C20H31BrN4O3/c1-20(2,3)28-19(27)25-10-8-24(9-11-25)15-12-17(21)23-18(13-15)22-14-4-6-16(26)7-5-14/h12-14,16,26H,4-11H2,1-3H3,(H,22,23). The molecule has 1 aromatic heterocycles. The van der Waals surface area contributed by atoms with E-state index in [1.165, 1.54) is 0 Å². The maximum atomic E-state index is 12.2. The van der Waals surface area contributed by atoms with Crippen LogP contribution in [0.25, 0.3) is 0 Å². The van der Waals surface area contributed by atoms with Crippen molar-refractivity contribution in [2.75, 3.05) is 36.4 Å². The number of carbonyl (C=O) groups excluding carboxylic acids is 1. The number of nitrogens with one attached hydrogen (secondary N) is 1. The van der Waals surface area contributed by atoms with E-state index < -0.39 is 5.60 Å². The van der Waals surface area contributed by atoms with Crippen molar-refractivity contribution in [1.82, 2.24) is 9.88 Å². The van der Waals surface area contributed by atoms with Crippen molar-refractivity contribution in [3.05, 3.63) is 16.7 Å². The maximum absolute atomic E-state index is 12.2. The molecule has 1 saturated carbocycles. The predicted molar refractivity (Wildman–Crippen MR) is 114 cm³/mol. The molecule has 2 N–H and O–H groups in total. The zero-order valence-electron chi connectivity index (χ0n) is 16.9. The van der Waals surface area contributed by atoms with E-state index >= 15 is 0 Å². The number of nitrogens with zero attached hydrogens (tertiary/aromatic N) is 3. The number of halogens is 1. The molecule has 1 aliphatic heterocycles. The molecule has 0 unspecified atom stereocenters. The Labute approximate surface area is 175 Å². The summed E-state index contributed by atoms with van der Waals surface area (Å²) in [5, 5.41) is 13.2. The first-order valence-electron chi connectivity index (χ1n) is 10.0. The number of hydrogen-bond donors (Lipinski definition) is 2. The third-order valence-electron chi connectivity index (χ3n) is 5.12. The molecule has 1 aromatic rings. The number of anilines is 2. The van der Waals surface area contributed by atoms with Crippen LogP contribution in [0.5, 0.6) is 0 Å². The lowest BCUT2D eigenvalue weighted by molar-refractivity contribution is 0.0240. The first kappa shape index (κ1) is 21.2. The molecule has 8 heteroatoms. The van der Waals surface area contributed by atoms with Crippen LogP contribution in [0.15, 0.2) is 16.7 Å². The van der Waals surface area contributed by atoms with E-state index in [0.717, 1.165) is 54.9 Å². The van der Waals surface area contributed by atoms with E-state index in [4.69, 9.17) is 4.74 Å². The van der Waals surface area contributed by atoms with Crippen LogP contribution in [0.4, 0.5) is 16.3 Å². The minimum atomic E-state index is -0.472. The van der Waals surface area contributed by atoms with E-state index in [0.29, 0.717) is 19.1 Å². The van der Waals surface area contributed by atoms with Crippen LogP contribution in [-0.4, -0.2) is 65.0 Å². The Morgan fingerprint density at radius 1 is 1.18 bits per heavy atom. The smallest absolute Gasteiger partial charge is 0.410 e. The second-order valence-corrected chi connectivity index (χ2v) is 9.45. The second-order valence-electron chi connectivity index (χ2n) is 8.64. The van der Waals surface area contributed by atoms with Crippen LogP contribution in [-0.2, 0) is 4.74 Å². The molecule has 28 heavy (non-hydrogen) atoms. The molecule has 0 bridgehead atoms. The van der Waals surface area contributed by atoms with Crippen molar-refractivity contribution in [1.29, 1.82) is 0 Å². The van der Waals surface area contributed by atoms with E-state index in [9.17, 15) is 9.90 Å². The molecule has 156 valence electrons. The highest BCUT2D eigenvalue weighted by Crippen LogP contribution is 2.27. The van der Waals surface area contributed by atoms with E-state index in [2.05, 4.69) is 37.2 Å². The van der Waals surface area contributed by atoms with Gasteiger partial charge >= 0.3 is 6.09 Å². The van der Waals surface area contributed by atoms with Crippen molar-refractivity contribution >= 4 is 33.5 Å². The molecular weight excluding hydrogens is 424 g/mol. The van der Waals surface area contributed by atoms with Gasteiger partial charge in [0.2, 0.25) is 0 Å². The normalized spacial score (nSPS) is 23.5. The molecule has 2 heterocycles. The predicted octanol–water partition coefficient (Wildman–Crippen LogP) is 3.62. The molecule has 0 spiro atoms. The van der Waals surface area contributed by atoms with Crippen LogP contribution in [0.1, 0.15) is 46.5 Å². The lowest BCUT2D eigenvalue weighted by Crippen LogP contribution is -2.50. The van der Waals surface area contributed by atoms with Crippen molar-refractivity contribution in [2.45, 2.75) is 64.2 Å². The van der Waals surface area contributed by atoms with Crippen LogP contribution < -0.4 is 10.2 Å². The molecule has 7 nitrogen and oxygen atoms in total. The number of rotatable bonds is 3. The van der Waals surface area contributed by atoms with Gasteiger partial charge in [0.25, 0.3) is 0 Å². The van der Waals surface area contributed by atoms with Gasteiger partial charge in [-0.05, 0) is 68.5 Å². The summed E-state index contributed by atoms with van der Waals surface area (Å²) in [5.41, 5.74) is 0.615. The molecule has 0 aromatic carbocycles. The van der Waals surface area contributed by atoms with Crippen LogP contribution in [0.3, 0.4) is 0 Å².